The molecule has 5 aromatic rings. The van der Waals surface area contributed by atoms with Gasteiger partial charge in [-0.15, -0.1) is 0 Å². The lowest BCUT2D eigenvalue weighted by atomic mass is 10.0. The van der Waals surface area contributed by atoms with Gasteiger partial charge < -0.3 is 20.8 Å². The number of carbonyl (C=O) groups is 1. The number of nitrogen functional groups attached to an aromatic ring is 2. The third-order valence-corrected chi connectivity index (χ3v) is 6.21. The van der Waals surface area contributed by atoms with Gasteiger partial charge in [-0.05, 0) is 61.9 Å². The molecular formula is C28H24ClN5O2. The van der Waals surface area contributed by atoms with Gasteiger partial charge in [-0.2, -0.15) is 0 Å². The number of fused-ring (bicyclic) bond motifs is 1. The molecule has 7 nitrogen and oxygen atoms in total. The van der Waals surface area contributed by atoms with E-state index in [-0.39, 0.29) is 11.8 Å². The van der Waals surface area contributed by atoms with Gasteiger partial charge in [0.1, 0.15) is 29.3 Å². The summed E-state index contributed by atoms with van der Waals surface area (Å²) in [6, 6.07) is 19.7. The lowest BCUT2D eigenvalue weighted by Crippen LogP contribution is -2.07. The number of halogens is 1. The average Bonchev–Trinajstić information content (AvgIpc) is 3.27. The van der Waals surface area contributed by atoms with Crippen LogP contribution in [0, 0.1) is 0 Å². The minimum absolute atomic E-state index is 0.209. The summed E-state index contributed by atoms with van der Waals surface area (Å²) in [4.78, 5) is 21.9. The Kier molecular flexibility index (Phi) is 6.08. The van der Waals surface area contributed by atoms with Gasteiger partial charge in [0.15, 0.2) is 5.78 Å². The molecule has 0 radical (unpaired) electrons. The van der Waals surface area contributed by atoms with Gasteiger partial charge in [-0.3, -0.25) is 4.79 Å². The number of ketones is 1. The predicted molar refractivity (Wildman–Crippen MR) is 144 cm³/mol. The first-order chi connectivity index (χ1) is 17.3. The highest BCUT2D eigenvalue weighted by Crippen LogP contribution is 2.36. The van der Waals surface area contributed by atoms with Crippen LogP contribution in [0.5, 0.6) is 11.5 Å². The summed E-state index contributed by atoms with van der Waals surface area (Å²) < 4.78 is 8.20. The van der Waals surface area contributed by atoms with Crippen molar-refractivity contribution in [3.63, 3.8) is 0 Å². The summed E-state index contributed by atoms with van der Waals surface area (Å²) in [5.41, 5.74) is 16.0. The van der Waals surface area contributed by atoms with Crippen LogP contribution in [-0.2, 0) is 0 Å². The number of hydrogen-bond acceptors (Lipinski definition) is 6. The van der Waals surface area contributed by atoms with Crippen LogP contribution in [0.15, 0.2) is 79.3 Å². The summed E-state index contributed by atoms with van der Waals surface area (Å²) in [7, 11) is 0. The van der Waals surface area contributed by atoms with Crippen molar-refractivity contribution in [2.24, 2.45) is 0 Å². The maximum absolute atomic E-state index is 13.2. The fourth-order valence-electron chi connectivity index (χ4n) is 4.16. The molecule has 5 rings (SSSR count). The molecule has 2 heterocycles. The van der Waals surface area contributed by atoms with Crippen LogP contribution in [0.2, 0.25) is 5.02 Å². The quantitative estimate of drug-likeness (QED) is 0.204. The van der Waals surface area contributed by atoms with E-state index >= 15 is 0 Å². The van der Waals surface area contributed by atoms with Gasteiger partial charge in [0.05, 0.1) is 10.9 Å². The van der Waals surface area contributed by atoms with E-state index in [2.05, 4.69) is 28.4 Å². The van der Waals surface area contributed by atoms with Gasteiger partial charge in [0.2, 0.25) is 0 Å². The topological polar surface area (TPSA) is 109 Å². The average molecular weight is 498 g/mol. The summed E-state index contributed by atoms with van der Waals surface area (Å²) in [6.45, 7) is 4.18. The number of rotatable bonds is 6. The molecule has 4 N–H and O–H groups in total. The number of nitrogens with two attached hydrogens (primary N) is 2. The van der Waals surface area contributed by atoms with Crippen LogP contribution < -0.4 is 16.2 Å². The third-order valence-electron chi connectivity index (χ3n) is 5.98. The number of para-hydroxylation sites is 1. The van der Waals surface area contributed by atoms with Gasteiger partial charge in [0.25, 0.3) is 0 Å². The molecule has 0 amide bonds. The maximum Gasteiger partial charge on any atom is 0.198 e. The van der Waals surface area contributed by atoms with Crippen molar-refractivity contribution in [1.29, 1.82) is 0 Å². The van der Waals surface area contributed by atoms with E-state index in [1.807, 2.05) is 36.5 Å². The molecule has 0 fully saturated rings. The highest BCUT2D eigenvalue weighted by atomic mass is 35.5. The molecule has 3 aromatic carbocycles. The van der Waals surface area contributed by atoms with Crippen LogP contribution in [0.25, 0.3) is 22.2 Å². The van der Waals surface area contributed by atoms with E-state index in [4.69, 9.17) is 27.8 Å². The van der Waals surface area contributed by atoms with E-state index in [0.29, 0.717) is 39.2 Å². The molecule has 0 spiro atoms. The molecule has 0 aliphatic heterocycles. The summed E-state index contributed by atoms with van der Waals surface area (Å²) in [6.07, 6.45) is 3.52. The number of nitrogens with zero attached hydrogens (tertiary/aromatic N) is 3. The van der Waals surface area contributed by atoms with Gasteiger partial charge in [0, 0.05) is 34.1 Å². The highest BCUT2D eigenvalue weighted by Gasteiger charge is 2.19. The Bertz CT molecular complexity index is 1590. The van der Waals surface area contributed by atoms with Crippen LogP contribution in [0.1, 0.15) is 35.8 Å². The van der Waals surface area contributed by atoms with Crippen molar-refractivity contribution in [2.45, 2.75) is 19.9 Å². The molecular weight excluding hydrogens is 474 g/mol. The Labute approximate surface area is 213 Å². The van der Waals surface area contributed by atoms with Crippen LogP contribution in [0.3, 0.4) is 0 Å². The largest absolute Gasteiger partial charge is 0.457 e. The predicted octanol–water partition coefficient (Wildman–Crippen LogP) is 6.52. The standard InChI is InChI=1S/C28H24ClN5O2/c1-16(2)34-14-22(25-27(31)32-15-33-28(25)34)17-7-10-19(11-8-17)36-24-6-4-3-5-20(24)26(35)21-13-18(29)9-12-23(21)30/h3-16H,30H2,1-2H3,(H2,31,32,33). The minimum Gasteiger partial charge on any atom is -0.457 e. The van der Waals surface area contributed by atoms with Crippen LogP contribution >= 0.6 is 11.6 Å². The lowest BCUT2D eigenvalue weighted by Gasteiger charge is -2.12. The van der Waals surface area contributed by atoms with E-state index in [1.54, 1.807) is 36.4 Å². The zero-order chi connectivity index (χ0) is 25.4. The van der Waals surface area contributed by atoms with Crippen LogP contribution in [0.4, 0.5) is 11.5 Å². The van der Waals surface area contributed by atoms with E-state index in [9.17, 15) is 4.79 Å². The number of aromatic nitrogens is 3. The maximum atomic E-state index is 13.2. The molecule has 0 atom stereocenters. The molecule has 0 saturated heterocycles. The van der Waals surface area contributed by atoms with Gasteiger partial charge >= 0.3 is 0 Å². The number of anilines is 2. The minimum atomic E-state index is -0.265. The summed E-state index contributed by atoms with van der Waals surface area (Å²) in [5, 5.41) is 1.25. The molecule has 2 aromatic heterocycles. The first-order valence-corrected chi connectivity index (χ1v) is 11.8. The van der Waals surface area contributed by atoms with E-state index in [1.165, 1.54) is 6.33 Å². The zero-order valence-electron chi connectivity index (χ0n) is 19.8. The molecule has 0 saturated carbocycles. The normalized spacial score (nSPS) is 11.2. The molecule has 36 heavy (non-hydrogen) atoms. The Hall–Kier alpha value is -4.36. The number of ether oxygens (including phenoxy) is 1. The highest BCUT2D eigenvalue weighted by molar-refractivity contribution is 6.31. The summed E-state index contributed by atoms with van der Waals surface area (Å²) >= 11 is 6.09. The van der Waals surface area contributed by atoms with Crippen molar-refractivity contribution in [1.82, 2.24) is 14.5 Å². The van der Waals surface area contributed by atoms with Crippen molar-refractivity contribution in [3.8, 4) is 22.6 Å². The SMILES string of the molecule is CC(C)n1cc(-c2ccc(Oc3ccccc3C(=O)c3cc(Cl)ccc3N)cc2)c2c(N)ncnc21. The second-order valence-electron chi connectivity index (χ2n) is 8.68. The Morgan fingerprint density at radius 1 is 0.972 bits per heavy atom. The van der Waals surface area contributed by atoms with Crippen molar-refractivity contribution < 1.29 is 9.53 Å². The van der Waals surface area contributed by atoms with Crippen molar-refractivity contribution >= 4 is 39.9 Å². The Balaban J connectivity index is 1.47. The first kappa shape index (κ1) is 23.4. The van der Waals surface area contributed by atoms with E-state index in [0.717, 1.165) is 22.2 Å². The van der Waals surface area contributed by atoms with Crippen LogP contribution in [-0.4, -0.2) is 20.3 Å². The van der Waals surface area contributed by atoms with Gasteiger partial charge in [-0.25, -0.2) is 9.97 Å². The second-order valence-corrected chi connectivity index (χ2v) is 9.12. The Morgan fingerprint density at radius 2 is 1.72 bits per heavy atom. The lowest BCUT2D eigenvalue weighted by molar-refractivity contribution is 0.103. The fourth-order valence-corrected chi connectivity index (χ4v) is 4.34. The monoisotopic (exact) mass is 497 g/mol. The van der Waals surface area contributed by atoms with Gasteiger partial charge in [-0.1, -0.05) is 35.9 Å². The summed E-state index contributed by atoms with van der Waals surface area (Å²) in [5.74, 6) is 1.17. The third kappa shape index (κ3) is 4.25. The molecule has 180 valence electrons. The Morgan fingerprint density at radius 3 is 2.47 bits per heavy atom. The molecule has 0 unspecified atom stereocenters. The molecule has 0 aliphatic rings. The van der Waals surface area contributed by atoms with Crippen molar-refractivity contribution in [3.05, 3.63) is 95.4 Å². The number of benzene rings is 3. The first-order valence-electron chi connectivity index (χ1n) is 11.4. The zero-order valence-corrected chi connectivity index (χ0v) is 20.5. The number of hydrogen-bond donors (Lipinski definition) is 2. The van der Waals surface area contributed by atoms with E-state index < -0.39 is 0 Å². The fraction of sp³-hybridized carbons (Fsp3) is 0.107. The number of carbonyl (C=O) groups excluding carboxylic acids is 1. The second kappa shape index (κ2) is 9.36. The van der Waals surface area contributed by atoms with Crippen molar-refractivity contribution in [2.75, 3.05) is 11.5 Å². The molecule has 0 aliphatic carbocycles. The molecule has 0 bridgehead atoms. The molecule has 8 heteroatoms. The smallest absolute Gasteiger partial charge is 0.198 e.